The quantitative estimate of drug-likeness (QED) is 0.352. The van der Waals surface area contributed by atoms with Crippen LogP contribution in [0.1, 0.15) is 65.5 Å². The van der Waals surface area contributed by atoms with Crippen molar-refractivity contribution in [3.05, 3.63) is 71.9 Å². The Kier molecular flexibility index (Phi) is 7.25. The molecular weight excluding hydrogens is 432 g/mol. The van der Waals surface area contributed by atoms with Crippen molar-refractivity contribution in [2.45, 2.75) is 84.3 Å². The number of nitrogens with zero attached hydrogens (tertiary/aromatic N) is 1. The molecule has 0 bridgehead atoms. The molecular formula is C29H35F2NO2. The van der Waals surface area contributed by atoms with Crippen LogP contribution in [0.2, 0.25) is 0 Å². The molecule has 2 aromatic carbocycles. The highest BCUT2D eigenvalue weighted by atomic mass is 19.1. The SMILES string of the molecule is CC[C@H]1CC(CCn2c(C(C)C)cc(-c3ccc(F)cc3)c2-c2ccc(F)cc2)OC(C)(C)O1. The molecule has 0 saturated carbocycles. The van der Waals surface area contributed by atoms with E-state index in [-0.39, 0.29) is 29.8 Å². The van der Waals surface area contributed by atoms with Crippen LogP contribution in [-0.2, 0) is 16.0 Å². The molecule has 2 atom stereocenters. The van der Waals surface area contributed by atoms with Gasteiger partial charge in [0, 0.05) is 24.2 Å². The molecule has 3 aromatic rings. The summed E-state index contributed by atoms with van der Waals surface area (Å²) in [6, 6.07) is 15.4. The lowest BCUT2D eigenvalue weighted by atomic mass is 10.0. The zero-order valence-corrected chi connectivity index (χ0v) is 20.8. The van der Waals surface area contributed by atoms with Gasteiger partial charge in [0.1, 0.15) is 11.6 Å². The minimum absolute atomic E-state index is 0.0893. The van der Waals surface area contributed by atoms with Crippen LogP contribution in [0.4, 0.5) is 8.78 Å². The summed E-state index contributed by atoms with van der Waals surface area (Å²) in [5.41, 5.74) is 5.11. The Labute approximate surface area is 201 Å². The Balaban J connectivity index is 1.75. The van der Waals surface area contributed by atoms with E-state index in [0.29, 0.717) is 0 Å². The highest BCUT2D eigenvalue weighted by Crippen LogP contribution is 2.39. The summed E-state index contributed by atoms with van der Waals surface area (Å²) in [5.74, 6) is -0.845. The fraction of sp³-hybridized carbons (Fsp3) is 0.448. The first-order chi connectivity index (χ1) is 16.2. The first-order valence-electron chi connectivity index (χ1n) is 12.3. The van der Waals surface area contributed by atoms with Crippen molar-refractivity contribution in [2.24, 2.45) is 0 Å². The lowest BCUT2D eigenvalue weighted by Gasteiger charge is -2.41. The maximum Gasteiger partial charge on any atom is 0.163 e. The summed E-state index contributed by atoms with van der Waals surface area (Å²) < 4.78 is 42.1. The number of benzene rings is 2. The van der Waals surface area contributed by atoms with Gasteiger partial charge >= 0.3 is 0 Å². The first-order valence-corrected chi connectivity index (χ1v) is 12.3. The van der Waals surface area contributed by atoms with Crippen LogP contribution >= 0.6 is 0 Å². The van der Waals surface area contributed by atoms with Crippen molar-refractivity contribution in [2.75, 3.05) is 0 Å². The van der Waals surface area contributed by atoms with Gasteiger partial charge in [0.2, 0.25) is 0 Å². The normalized spacial score (nSPS) is 20.1. The van der Waals surface area contributed by atoms with Gasteiger partial charge in [-0.15, -0.1) is 0 Å². The Morgan fingerprint density at radius 1 is 0.912 bits per heavy atom. The number of rotatable bonds is 7. The number of halogens is 2. The second-order valence-electron chi connectivity index (χ2n) is 9.96. The molecule has 0 aliphatic carbocycles. The van der Waals surface area contributed by atoms with Crippen molar-refractivity contribution in [3.63, 3.8) is 0 Å². The van der Waals surface area contributed by atoms with Gasteiger partial charge in [0.15, 0.2) is 5.79 Å². The van der Waals surface area contributed by atoms with E-state index >= 15 is 0 Å². The maximum atomic E-state index is 13.8. The Morgan fingerprint density at radius 3 is 2.03 bits per heavy atom. The topological polar surface area (TPSA) is 23.4 Å². The molecule has 1 aliphatic heterocycles. The summed E-state index contributed by atoms with van der Waals surface area (Å²) in [4.78, 5) is 0. The van der Waals surface area contributed by atoms with Crippen molar-refractivity contribution in [1.29, 1.82) is 0 Å². The Bertz CT molecular complexity index is 1100. The average molecular weight is 468 g/mol. The standard InChI is InChI=1S/C29H35F2NO2/c1-6-24-17-25(34-29(4,5)33-24)15-16-32-27(19(2)3)18-26(20-7-11-22(30)12-8-20)28(32)21-9-13-23(31)14-10-21/h7-14,18-19,24-25H,6,15-17H2,1-5H3/t24-,25?/m0/s1. The largest absolute Gasteiger partial charge is 0.347 e. The highest BCUT2D eigenvalue weighted by molar-refractivity contribution is 5.82. The fourth-order valence-electron chi connectivity index (χ4n) is 4.98. The zero-order chi connectivity index (χ0) is 24.5. The van der Waals surface area contributed by atoms with Crippen LogP contribution in [0.15, 0.2) is 54.6 Å². The molecule has 0 spiro atoms. The molecule has 1 aliphatic rings. The molecule has 0 amide bonds. The molecule has 5 heteroatoms. The number of hydrogen-bond donors (Lipinski definition) is 0. The average Bonchev–Trinajstić information content (AvgIpc) is 3.17. The van der Waals surface area contributed by atoms with E-state index in [2.05, 4.69) is 31.4 Å². The monoisotopic (exact) mass is 467 g/mol. The van der Waals surface area contributed by atoms with Crippen LogP contribution in [0.5, 0.6) is 0 Å². The molecule has 1 saturated heterocycles. The van der Waals surface area contributed by atoms with E-state index in [1.54, 1.807) is 0 Å². The van der Waals surface area contributed by atoms with E-state index in [9.17, 15) is 8.78 Å². The van der Waals surface area contributed by atoms with Gasteiger partial charge in [-0.2, -0.15) is 0 Å². The molecule has 0 radical (unpaired) electrons. The van der Waals surface area contributed by atoms with E-state index < -0.39 is 5.79 Å². The molecule has 182 valence electrons. The third kappa shape index (κ3) is 5.42. The minimum atomic E-state index is -0.597. The van der Waals surface area contributed by atoms with Crippen molar-refractivity contribution < 1.29 is 18.3 Å². The van der Waals surface area contributed by atoms with Crippen LogP contribution < -0.4 is 0 Å². The molecule has 1 unspecified atom stereocenters. The summed E-state index contributed by atoms with van der Waals surface area (Å²) in [6.07, 6.45) is 2.95. The Hall–Kier alpha value is -2.50. The van der Waals surface area contributed by atoms with Crippen LogP contribution in [0.25, 0.3) is 22.4 Å². The minimum Gasteiger partial charge on any atom is -0.347 e. The van der Waals surface area contributed by atoms with Crippen molar-refractivity contribution in [3.8, 4) is 22.4 Å². The van der Waals surface area contributed by atoms with Gasteiger partial charge in [0.05, 0.1) is 17.9 Å². The van der Waals surface area contributed by atoms with Crippen LogP contribution in [0, 0.1) is 11.6 Å². The number of hydrogen-bond acceptors (Lipinski definition) is 2. The fourth-order valence-corrected chi connectivity index (χ4v) is 4.98. The van der Waals surface area contributed by atoms with Gasteiger partial charge in [-0.25, -0.2) is 8.78 Å². The second-order valence-corrected chi connectivity index (χ2v) is 9.96. The predicted octanol–water partition coefficient (Wildman–Crippen LogP) is 7.93. The summed E-state index contributed by atoms with van der Waals surface area (Å²) in [7, 11) is 0. The maximum absolute atomic E-state index is 13.8. The number of ether oxygens (including phenoxy) is 2. The molecule has 1 fully saturated rings. The third-order valence-electron chi connectivity index (χ3n) is 6.55. The van der Waals surface area contributed by atoms with E-state index in [0.717, 1.165) is 48.2 Å². The predicted molar refractivity (Wildman–Crippen MR) is 133 cm³/mol. The van der Waals surface area contributed by atoms with Gasteiger partial charge in [-0.1, -0.05) is 32.9 Å². The van der Waals surface area contributed by atoms with Gasteiger partial charge < -0.3 is 14.0 Å². The van der Waals surface area contributed by atoms with Crippen LogP contribution in [0.3, 0.4) is 0 Å². The van der Waals surface area contributed by atoms with Gasteiger partial charge in [0.25, 0.3) is 0 Å². The van der Waals surface area contributed by atoms with Crippen LogP contribution in [-0.4, -0.2) is 22.6 Å². The summed E-state index contributed by atoms with van der Waals surface area (Å²) in [6.45, 7) is 11.2. The Morgan fingerprint density at radius 2 is 1.47 bits per heavy atom. The molecule has 2 heterocycles. The molecule has 3 nitrogen and oxygen atoms in total. The molecule has 4 rings (SSSR count). The van der Waals surface area contributed by atoms with E-state index in [4.69, 9.17) is 9.47 Å². The summed E-state index contributed by atoms with van der Waals surface area (Å²) >= 11 is 0. The van der Waals surface area contributed by atoms with E-state index in [1.165, 1.54) is 30.0 Å². The van der Waals surface area contributed by atoms with E-state index in [1.807, 2.05) is 38.1 Å². The lowest BCUT2D eigenvalue weighted by molar-refractivity contribution is -0.300. The third-order valence-corrected chi connectivity index (χ3v) is 6.55. The van der Waals surface area contributed by atoms with Crippen molar-refractivity contribution in [1.82, 2.24) is 4.57 Å². The summed E-state index contributed by atoms with van der Waals surface area (Å²) in [5, 5.41) is 0. The molecule has 0 N–H and O–H groups in total. The first kappa shape index (κ1) is 24.6. The van der Waals surface area contributed by atoms with Gasteiger partial charge in [-0.05, 0) is 86.2 Å². The second kappa shape index (κ2) is 10.0. The lowest BCUT2D eigenvalue weighted by Crippen LogP contribution is -2.44. The molecule has 1 aromatic heterocycles. The van der Waals surface area contributed by atoms with Crippen molar-refractivity contribution >= 4 is 0 Å². The highest BCUT2D eigenvalue weighted by Gasteiger charge is 2.34. The molecule has 34 heavy (non-hydrogen) atoms. The smallest absolute Gasteiger partial charge is 0.163 e. The van der Waals surface area contributed by atoms with Gasteiger partial charge in [-0.3, -0.25) is 0 Å². The zero-order valence-electron chi connectivity index (χ0n) is 20.8. The number of aromatic nitrogens is 1.